The Balaban J connectivity index is -0.000000405. The number of rotatable bonds is 3. The number of nitrogens with one attached hydrogen (secondary N) is 1. The number of carbonyl (C=O) groups excluding carboxylic acids is 1. The van der Waals surface area contributed by atoms with E-state index in [-0.39, 0.29) is 64.5 Å². The van der Waals surface area contributed by atoms with Gasteiger partial charge in [-0.3, -0.25) is 4.79 Å². The maximum atomic E-state index is 10.3. The summed E-state index contributed by atoms with van der Waals surface area (Å²) in [7, 11) is 0. The summed E-state index contributed by atoms with van der Waals surface area (Å²) in [5.74, 6) is -1.32. The van der Waals surface area contributed by atoms with Gasteiger partial charge in [-0.1, -0.05) is 0 Å². The van der Waals surface area contributed by atoms with Gasteiger partial charge in [0.15, 0.2) is 0 Å². The largest absolute Gasteiger partial charge is 1.00 e. The van der Waals surface area contributed by atoms with Crippen LogP contribution in [0.1, 0.15) is 8.35 Å². The second-order valence-electron chi connectivity index (χ2n) is 1.77. The van der Waals surface area contributed by atoms with E-state index < -0.39 is 12.0 Å². The van der Waals surface area contributed by atoms with Crippen LogP contribution in [0.25, 0.3) is 0 Å². The molecular formula is C5H10KNO3S. The zero-order valence-electron chi connectivity index (χ0n) is 7.50. The zero-order valence-corrected chi connectivity index (χ0v) is 10.5. The van der Waals surface area contributed by atoms with Crippen LogP contribution < -0.4 is 56.7 Å². The van der Waals surface area contributed by atoms with E-state index in [1.54, 1.807) is 0 Å². The molecular weight excluding hydrogens is 193 g/mol. The first-order valence-electron chi connectivity index (χ1n) is 2.68. The molecule has 0 aromatic heterocycles. The normalized spacial score (nSPS) is 11.1. The molecule has 1 atom stereocenters. The van der Waals surface area contributed by atoms with Crippen LogP contribution in [0, 0.1) is 0 Å². The van der Waals surface area contributed by atoms with Gasteiger partial charge in [0, 0.05) is 12.7 Å². The number of amides is 1. The van der Waals surface area contributed by atoms with Gasteiger partial charge in [0.2, 0.25) is 5.91 Å². The van der Waals surface area contributed by atoms with Gasteiger partial charge < -0.3 is 11.8 Å². The SMILES string of the molecule is CC(=O)N[C@@H](CS)C(=O)O.[H-].[K+]. The molecule has 0 fully saturated rings. The molecule has 11 heavy (non-hydrogen) atoms. The molecule has 0 heterocycles. The Kier molecular flexibility index (Phi) is 9.94. The Morgan fingerprint density at radius 3 is 2.27 bits per heavy atom. The van der Waals surface area contributed by atoms with E-state index in [1.807, 2.05) is 0 Å². The topological polar surface area (TPSA) is 66.4 Å². The third-order valence-corrected chi connectivity index (χ3v) is 1.22. The van der Waals surface area contributed by atoms with Crippen LogP contribution >= 0.6 is 12.6 Å². The fourth-order valence-corrected chi connectivity index (χ4v) is 0.678. The minimum Gasteiger partial charge on any atom is -1.00 e. The first-order valence-corrected chi connectivity index (χ1v) is 3.32. The summed E-state index contributed by atoms with van der Waals surface area (Å²) in [6.45, 7) is 1.26. The molecule has 0 aliphatic heterocycles. The van der Waals surface area contributed by atoms with Crippen LogP contribution in [0.15, 0.2) is 0 Å². The van der Waals surface area contributed by atoms with Crippen LogP contribution in [0.2, 0.25) is 0 Å². The Hall–Kier alpha value is 0.926. The Morgan fingerprint density at radius 1 is 1.73 bits per heavy atom. The number of aliphatic carboxylic acids is 1. The summed E-state index contributed by atoms with van der Waals surface area (Å²) >= 11 is 3.73. The van der Waals surface area contributed by atoms with Gasteiger partial charge >= 0.3 is 57.4 Å². The van der Waals surface area contributed by atoms with E-state index in [2.05, 4.69) is 17.9 Å². The number of carboxylic acid groups (broad SMARTS) is 1. The predicted molar refractivity (Wildman–Crippen MR) is 40.2 cm³/mol. The van der Waals surface area contributed by atoms with E-state index in [0.717, 1.165) is 0 Å². The van der Waals surface area contributed by atoms with Crippen LogP contribution in [-0.2, 0) is 9.59 Å². The van der Waals surface area contributed by atoms with Crippen molar-refractivity contribution in [3.63, 3.8) is 0 Å². The third kappa shape index (κ3) is 7.29. The van der Waals surface area contributed by atoms with Gasteiger partial charge in [-0.15, -0.1) is 0 Å². The molecule has 6 heteroatoms. The van der Waals surface area contributed by atoms with Crippen molar-refractivity contribution in [1.29, 1.82) is 0 Å². The number of hydrogen-bond acceptors (Lipinski definition) is 3. The fraction of sp³-hybridized carbons (Fsp3) is 0.600. The van der Waals surface area contributed by atoms with Crippen molar-refractivity contribution in [3.8, 4) is 0 Å². The molecule has 60 valence electrons. The van der Waals surface area contributed by atoms with E-state index in [1.165, 1.54) is 6.92 Å². The van der Waals surface area contributed by atoms with Crippen LogP contribution in [0.5, 0.6) is 0 Å². The molecule has 0 saturated carbocycles. The Morgan fingerprint density at radius 2 is 2.18 bits per heavy atom. The van der Waals surface area contributed by atoms with Gasteiger partial charge in [0.25, 0.3) is 0 Å². The fourth-order valence-electron chi connectivity index (χ4n) is 0.431. The zero-order chi connectivity index (χ0) is 8.15. The summed E-state index contributed by atoms with van der Waals surface area (Å²) in [6.07, 6.45) is 0. The molecule has 0 spiro atoms. The standard InChI is InChI=1S/C5H9NO3S.K.H/c1-3(7)6-4(2-10)5(8)9;;/h4,10H,2H2,1H3,(H,6,7)(H,8,9);;/q;+1;-1/t4-;;/m0../s1. The van der Waals surface area contributed by atoms with Crippen molar-refractivity contribution in [3.05, 3.63) is 0 Å². The molecule has 0 aliphatic rings. The van der Waals surface area contributed by atoms with Crippen molar-refractivity contribution in [2.75, 3.05) is 5.75 Å². The van der Waals surface area contributed by atoms with Gasteiger partial charge in [-0.2, -0.15) is 12.6 Å². The van der Waals surface area contributed by atoms with Crippen molar-refractivity contribution >= 4 is 24.5 Å². The molecule has 4 nitrogen and oxygen atoms in total. The molecule has 0 unspecified atom stereocenters. The van der Waals surface area contributed by atoms with Gasteiger partial charge in [-0.05, 0) is 0 Å². The first kappa shape index (κ1) is 14.5. The summed E-state index contributed by atoms with van der Waals surface area (Å²) in [5.41, 5.74) is 0. The van der Waals surface area contributed by atoms with Crippen LogP contribution in [-0.4, -0.2) is 28.8 Å². The number of carboxylic acids is 1. The second kappa shape index (κ2) is 7.57. The molecule has 0 aliphatic carbocycles. The van der Waals surface area contributed by atoms with E-state index in [9.17, 15) is 9.59 Å². The van der Waals surface area contributed by atoms with E-state index in [4.69, 9.17) is 5.11 Å². The van der Waals surface area contributed by atoms with E-state index >= 15 is 0 Å². The van der Waals surface area contributed by atoms with Gasteiger partial charge in [-0.25, -0.2) is 4.79 Å². The van der Waals surface area contributed by atoms with E-state index in [0.29, 0.717) is 0 Å². The summed E-state index contributed by atoms with van der Waals surface area (Å²) in [6, 6.07) is -0.874. The van der Waals surface area contributed by atoms with Crippen molar-refractivity contribution < 1.29 is 67.5 Å². The minimum atomic E-state index is -1.06. The maximum Gasteiger partial charge on any atom is 1.00 e. The summed E-state index contributed by atoms with van der Waals surface area (Å²) in [4.78, 5) is 20.5. The molecule has 0 bridgehead atoms. The first-order chi connectivity index (χ1) is 4.57. The number of thiol groups is 1. The van der Waals surface area contributed by atoms with Crippen LogP contribution in [0.4, 0.5) is 0 Å². The summed E-state index contributed by atoms with van der Waals surface area (Å²) in [5, 5.41) is 10.6. The molecule has 0 aromatic carbocycles. The van der Waals surface area contributed by atoms with Crippen LogP contribution in [0.3, 0.4) is 0 Å². The molecule has 0 aromatic rings. The quantitative estimate of drug-likeness (QED) is 0.331. The van der Waals surface area contributed by atoms with Crippen molar-refractivity contribution in [1.82, 2.24) is 5.32 Å². The molecule has 2 N–H and O–H groups in total. The molecule has 1 amide bonds. The Labute approximate surface area is 114 Å². The summed E-state index contributed by atoms with van der Waals surface area (Å²) < 4.78 is 0. The Bertz CT molecular complexity index is 158. The van der Waals surface area contributed by atoms with Gasteiger partial charge in [0.1, 0.15) is 6.04 Å². The average molecular weight is 203 g/mol. The minimum absolute atomic E-state index is 0. The van der Waals surface area contributed by atoms with Crippen molar-refractivity contribution in [2.24, 2.45) is 0 Å². The third-order valence-electron chi connectivity index (χ3n) is 0.858. The number of carbonyl (C=O) groups is 2. The smallest absolute Gasteiger partial charge is 1.00 e. The van der Waals surface area contributed by atoms with Gasteiger partial charge in [0.05, 0.1) is 0 Å². The predicted octanol–water partition coefficient (Wildman–Crippen LogP) is -3.38. The molecule has 0 saturated heterocycles. The second-order valence-corrected chi connectivity index (χ2v) is 2.14. The monoisotopic (exact) mass is 203 g/mol. The molecule has 0 radical (unpaired) electrons. The average Bonchev–Trinajstić information content (AvgIpc) is 1.81. The molecule has 0 rings (SSSR count). The van der Waals surface area contributed by atoms with Crippen molar-refractivity contribution in [2.45, 2.75) is 13.0 Å². The number of hydrogen-bond donors (Lipinski definition) is 3. The maximum absolute atomic E-state index is 10.3.